The molecular formula is C24H45N4O8S+. The number of esters is 2. The number of alkyl carbamates (subject to hydrolysis) is 1. The Kier molecular flexibility index (Phi) is 14.0. The first-order valence-electron chi connectivity index (χ1n) is 12.1. The lowest BCUT2D eigenvalue weighted by Gasteiger charge is -2.26. The smallest absolute Gasteiger partial charge is 0.408 e. The zero-order chi connectivity index (χ0) is 29.0. The van der Waals surface area contributed by atoms with E-state index in [1.165, 1.54) is 0 Å². The van der Waals surface area contributed by atoms with Crippen LogP contribution in [0.15, 0.2) is 0 Å². The summed E-state index contributed by atoms with van der Waals surface area (Å²) in [4.78, 5) is 61.5. The molecule has 214 valence electrons. The fourth-order valence-electron chi connectivity index (χ4n) is 2.57. The van der Waals surface area contributed by atoms with Crippen LogP contribution in [-0.2, 0) is 33.4 Å². The second-order valence-corrected chi connectivity index (χ2v) is 11.9. The van der Waals surface area contributed by atoms with Gasteiger partial charge >= 0.3 is 18.0 Å². The van der Waals surface area contributed by atoms with Crippen LogP contribution in [0.3, 0.4) is 0 Å². The Labute approximate surface area is 225 Å². The number of amides is 3. The van der Waals surface area contributed by atoms with Crippen LogP contribution < -0.4 is 16.0 Å². The molecule has 3 amide bonds. The van der Waals surface area contributed by atoms with E-state index in [1.54, 1.807) is 41.5 Å². The lowest BCUT2D eigenvalue weighted by atomic mass is 10.1. The van der Waals surface area contributed by atoms with Gasteiger partial charge in [0.2, 0.25) is 11.8 Å². The van der Waals surface area contributed by atoms with E-state index >= 15 is 0 Å². The monoisotopic (exact) mass is 549 g/mol. The van der Waals surface area contributed by atoms with Crippen molar-refractivity contribution in [1.82, 2.24) is 16.0 Å². The summed E-state index contributed by atoms with van der Waals surface area (Å²) in [5.41, 5.74) is -1.60. The van der Waals surface area contributed by atoms with Gasteiger partial charge in [-0.2, -0.15) is 12.6 Å². The van der Waals surface area contributed by atoms with E-state index in [4.69, 9.17) is 14.2 Å². The van der Waals surface area contributed by atoms with Crippen molar-refractivity contribution in [3.63, 3.8) is 0 Å². The van der Waals surface area contributed by atoms with Gasteiger partial charge in [-0.05, 0) is 48.0 Å². The van der Waals surface area contributed by atoms with Gasteiger partial charge in [0.15, 0.2) is 0 Å². The van der Waals surface area contributed by atoms with Crippen LogP contribution in [0, 0.1) is 0 Å². The number of quaternary nitrogens is 1. The molecule has 0 heterocycles. The number of carbonyl (C=O) groups excluding carboxylic acids is 5. The summed E-state index contributed by atoms with van der Waals surface area (Å²) < 4.78 is 16.2. The van der Waals surface area contributed by atoms with Crippen LogP contribution in [0.2, 0.25) is 0 Å². The first kappa shape index (κ1) is 34.5. The van der Waals surface area contributed by atoms with Crippen molar-refractivity contribution in [2.24, 2.45) is 0 Å². The van der Waals surface area contributed by atoms with Crippen molar-refractivity contribution >= 4 is 42.5 Å². The van der Waals surface area contributed by atoms with Crippen LogP contribution in [0.25, 0.3) is 0 Å². The summed E-state index contributed by atoms with van der Waals surface area (Å²) >= 11 is 4.09. The molecule has 12 nitrogen and oxygen atoms in total. The van der Waals surface area contributed by atoms with Crippen molar-refractivity contribution in [3.8, 4) is 0 Å². The van der Waals surface area contributed by atoms with Gasteiger partial charge in [-0.25, -0.2) is 9.59 Å². The zero-order valence-corrected chi connectivity index (χ0v) is 24.5. The Balaban J connectivity index is 4.91. The van der Waals surface area contributed by atoms with Crippen LogP contribution in [0.1, 0.15) is 54.4 Å². The largest absolute Gasteiger partial charge is 0.458 e. The number of thiol groups is 1. The third-order valence-corrected chi connectivity index (χ3v) is 4.67. The lowest BCUT2D eigenvalue weighted by molar-refractivity contribution is -0.870. The molecule has 0 unspecified atom stereocenters. The van der Waals surface area contributed by atoms with Gasteiger partial charge < -0.3 is 34.6 Å². The summed E-state index contributed by atoms with van der Waals surface area (Å²) in [6.07, 6.45) is -1.13. The molecule has 37 heavy (non-hydrogen) atoms. The van der Waals surface area contributed by atoms with Gasteiger partial charge in [0.25, 0.3) is 0 Å². The molecule has 2 atom stereocenters. The van der Waals surface area contributed by atoms with Crippen molar-refractivity contribution < 1.29 is 42.7 Å². The Hall–Kier alpha value is -2.54. The summed E-state index contributed by atoms with van der Waals surface area (Å²) in [6, 6.07) is -2.17. The van der Waals surface area contributed by atoms with E-state index in [1.807, 2.05) is 21.1 Å². The highest BCUT2D eigenvalue weighted by molar-refractivity contribution is 7.80. The molecule has 0 aromatic carbocycles. The fourth-order valence-corrected chi connectivity index (χ4v) is 2.83. The molecule has 0 aliphatic carbocycles. The van der Waals surface area contributed by atoms with Crippen LogP contribution in [0.4, 0.5) is 4.79 Å². The molecule has 0 rings (SSSR count). The Morgan fingerprint density at radius 2 is 1.43 bits per heavy atom. The summed E-state index contributed by atoms with van der Waals surface area (Å²) in [5.74, 6) is -2.51. The molecule has 0 aliphatic rings. The molecule has 0 saturated carbocycles. The minimum Gasteiger partial charge on any atom is -0.458 e. The third kappa shape index (κ3) is 18.4. The van der Waals surface area contributed by atoms with E-state index in [0.717, 1.165) is 0 Å². The van der Waals surface area contributed by atoms with E-state index in [2.05, 4.69) is 28.6 Å². The Morgan fingerprint density at radius 1 is 0.865 bits per heavy atom. The topological polar surface area (TPSA) is 149 Å². The molecule has 13 heteroatoms. The van der Waals surface area contributed by atoms with Crippen molar-refractivity contribution in [1.29, 1.82) is 0 Å². The number of nitrogens with zero attached hydrogens (tertiary/aromatic N) is 1. The second-order valence-electron chi connectivity index (χ2n) is 11.5. The maximum Gasteiger partial charge on any atom is 0.408 e. The lowest BCUT2D eigenvalue weighted by Crippen LogP contribution is -2.50. The Bertz CT molecular complexity index is 800. The molecular weight excluding hydrogens is 504 g/mol. The maximum absolute atomic E-state index is 12.6. The number of hydrogen-bond acceptors (Lipinski definition) is 9. The second kappa shape index (κ2) is 15.0. The van der Waals surface area contributed by atoms with Gasteiger partial charge in [-0.3, -0.25) is 14.4 Å². The average molecular weight is 550 g/mol. The summed E-state index contributed by atoms with van der Waals surface area (Å²) in [6.45, 7) is 10.5. The fraction of sp³-hybridized carbons (Fsp3) is 0.792. The predicted molar refractivity (Wildman–Crippen MR) is 141 cm³/mol. The van der Waals surface area contributed by atoms with Gasteiger partial charge in [0, 0.05) is 12.2 Å². The Morgan fingerprint density at radius 3 is 1.92 bits per heavy atom. The standard InChI is InChI=1S/C24H44N4O8S/c1-23(2,3)35-21(32)16(27-22(33)36-24(4,5)6)10-11-18(29)26-17(15-37)20(31)25-14-19(30)34-13-12-28(7,8)9/h16-17H,10-15H2,1-9H3,(H3-,25,26,27,29,31,33,37)/p+1/t16-,17-/m0/s1. The number of ether oxygens (including phenoxy) is 3. The molecule has 0 fully saturated rings. The highest BCUT2D eigenvalue weighted by atomic mass is 32.1. The van der Waals surface area contributed by atoms with E-state index in [0.29, 0.717) is 11.0 Å². The first-order chi connectivity index (χ1) is 16.7. The molecule has 0 saturated heterocycles. The summed E-state index contributed by atoms with van der Waals surface area (Å²) in [7, 11) is 5.87. The summed E-state index contributed by atoms with van der Waals surface area (Å²) in [5, 5.41) is 7.36. The number of nitrogens with one attached hydrogen (secondary N) is 3. The minimum absolute atomic E-state index is 0.0280. The van der Waals surface area contributed by atoms with E-state index < -0.39 is 53.1 Å². The van der Waals surface area contributed by atoms with Crippen LogP contribution in [0.5, 0.6) is 0 Å². The third-order valence-electron chi connectivity index (χ3n) is 4.31. The van der Waals surface area contributed by atoms with Crippen LogP contribution >= 0.6 is 12.6 Å². The number of carbonyl (C=O) groups is 5. The van der Waals surface area contributed by atoms with Crippen molar-refractivity contribution in [2.45, 2.75) is 77.7 Å². The highest BCUT2D eigenvalue weighted by Crippen LogP contribution is 2.13. The van der Waals surface area contributed by atoms with E-state index in [-0.39, 0.29) is 31.7 Å². The van der Waals surface area contributed by atoms with Crippen molar-refractivity contribution in [3.05, 3.63) is 0 Å². The number of likely N-dealkylation sites (N-methyl/N-ethyl adjacent to an activating group) is 1. The van der Waals surface area contributed by atoms with Gasteiger partial charge in [0.05, 0.1) is 21.1 Å². The minimum atomic E-state index is -1.15. The van der Waals surface area contributed by atoms with Crippen LogP contribution in [-0.4, -0.2) is 104 Å². The molecule has 0 spiro atoms. The van der Waals surface area contributed by atoms with Gasteiger partial charge in [-0.15, -0.1) is 0 Å². The number of hydrogen-bond donors (Lipinski definition) is 4. The first-order valence-corrected chi connectivity index (χ1v) is 12.7. The quantitative estimate of drug-likeness (QED) is 0.114. The van der Waals surface area contributed by atoms with E-state index in [9.17, 15) is 24.0 Å². The molecule has 0 bridgehead atoms. The van der Waals surface area contributed by atoms with Gasteiger partial charge in [0.1, 0.15) is 43.0 Å². The molecule has 0 aliphatic heterocycles. The molecule has 0 aromatic rings. The van der Waals surface area contributed by atoms with Gasteiger partial charge in [-0.1, -0.05) is 0 Å². The van der Waals surface area contributed by atoms with Crippen molar-refractivity contribution in [2.75, 3.05) is 46.6 Å². The molecule has 0 radical (unpaired) electrons. The maximum atomic E-state index is 12.6. The molecule has 3 N–H and O–H groups in total. The SMILES string of the molecule is CC(C)(C)OC(=O)N[C@@H](CCC(=O)N[C@@H](CS)C(=O)NCC(=O)OCC[N+](C)(C)C)C(=O)OC(C)(C)C. The zero-order valence-electron chi connectivity index (χ0n) is 23.6. The number of rotatable bonds is 13. The average Bonchev–Trinajstić information content (AvgIpc) is 2.69. The highest BCUT2D eigenvalue weighted by Gasteiger charge is 2.30. The predicted octanol–water partition coefficient (Wildman–Crippen LogP) is 0.782. The molecule has 0 aromatic heterocycles. The normalized spacial score (nSPS) is 13.6.